The number of hydrogen-bond acceptors (Lipinski definition) is 2. The highest BCUT2D eigenvalue weighted by molar-refractivity contribution is 5.93. The van der Waals surface area contributed by atoms with Crippen molar-refractivity contribution in [1.29, 1.82) is 0 Å². The molecule has 0 atom stereocenters. The van der Waals surface area contributed by atoms with Crippen LogP contribution < -0.4 is 5.32 Å². The second kappa shape index (κ2) is 5.86. The average Bonchev–Trinajstić information content (AvgIpc) is 2.80. The maximum absolute atomic E-state index is 11.3. The van der Waals surface area contributed by atoms with Crippen LogP contribution in [-0.4, -0.2) is 28.5 Å². The molecule has 5 nitrogen and oxygen atoms in total. The van der Waals surface area contributed by atoms with Crippen molar-refractivity contribution in [2.75, 3.05) is 6.54 Å². The third-order valence-electron chi connectivity index (χ3n) is 2.75. The van der Waals surface area contributed by atoms with Gasteiger partial charge in [0.1, 0.15) is 0 Å². The molecule has 0 aliphatic carbocycles. The van der Waals surface area contributed by atoms with E-state index in [1.165, 1.54) is 0 Å². The van der Waals surface area contributed by atoms with Crippen molar-refractivity contribution in [3.63, 3.8) is 0 Å². The molecule has 0 saturated carbocycles. The Kier molecular flexibility index (Phi) is 3.97. The Hall–Kier alpha value is -2.56. The zero-order chi connectivity index (χ0) is 13.7. The number of benzene rings is 1. The smallest absolute Gasteiger partial charge is 0.328 e. The van der Waals surface area contributed by atoms with E-state index in [1.54, 1.807) is 0 Å². The molecule has 2 aromatic rings. The van der Waals surface area contributed by atoms with Gasteiger partial charge in [-0.2, -0.15) is 0 Å². The highest BCUT2D eigenvalue weighted by Gasteiger charge is 2.03. The summed E-state index contributed by atoms with van der Waals surface area (Å²) in [6, 6.07) is 7.94. The van der Waals surface area contributed by atoms with Gasteiger partial charge in [0.2, 0.25) is 5.91 Å². The molecule has 0 bridgehead atoms. The van der Waals surface area contributed by atoms with Crippen LogP contribution in [0.25, 0.3) is 10.9 Å². The van der Waals surface area contributed by atoms with Crippen LogP contribution in [0.3, 0.4) is 0 Å². The molecule has 5 heteroatoms. The Balaban J connectivity index is 1.89. The van der Waals surface area contributed by atoms with Gasteiger partial charge in [-0.3, -0.25) is 4.79 Å². The lowest BCUT2D eigenvalue weighted by Crippen LogP contribution is -2.23. The van der Waals surface area contributed by atoms with E-state index in [4.69, 9.17) is 5.11 Å². The van der Waals surface area contributed by atoms with Crippen LogP contribution in [0.15, 0.2) is 42.6 Å². The van der Waals surface area contributed by atoms with Gasteiger partial charge in [-0.05, 0) is 18.1 Å². The minimum Gasteiger partial charge on any atom is -0.478 e. The van der Waals surface area contributed by atoms with Gasteiger partial charge < -0.3 is 15.4 Å². The highest BCUT2D eigenvalue weighted by atomic mass is 16.4. The maximum Gasteiger partial charge on any atom is 0.328 e. The van der Waals surface area contributed by atoms with Crippen LogP contribution >= 0.6 is 0 Å². The first kappa shape index (κ1) is 12.9. The third kappa shape index (κ3) is 3.45. The van der Waals surface area contributed by atoms with Crippen molar-refractivity contribution in [3.05, 3.63) is 48.2 Å². The molecule has 2 rings (SSSR count). The highest BCUT2D eigenvalue weighted by Crippen LogP contribution is 2.17. The summed E-state index contributed by atoms with van der Waals surface area (Å²) in [6.45, 7) is 0.463. The zero-order valence-electron chi connectivity index (χ0n) is 10.2. The number of hydrogen-bond donors (Lipinski definition) is 3. The van der Waals surface area contributed by atoms with Crippen LogP contribution in [0.5, 0.6) is 0 Å². The molecule has 1 amide bonds. The Labute approximate surface area is 109 Å². The van der Waals surface area contributed by atoms with Crippen molar-refractivity contribution in [3.8, 4) is 0 Å². The van der Waals surface area contributed by atoms with Crippen molar-refractivity contribution >= 4 is 22.8 Å². The summed E-state index contributed by atoms with van der Waals surface area (Å²) >= 11 is 0. The van der Waals surface area contributed by atoms with E-state index >= 15 is 0 Å². The molecule has 1 heterocycles. The molecule has 0 aliphatic rings. The van der Waals surface area contributed by atoms with Gasteiger partial charge in [0.05, 0.1) is 0 Å². The van der Waals surface area contributed by atoms with Gasteiger partial charge in [0, 0.05) is 35.8 Å². The number of aliphatic carboxylic acids is 1. The summed E-state index contributed by atoms with van der Waals surface area (Å²) in [5.41, 5.74) is 2.19. The number of H-pyrrole nitrogens is 1. The molecule has 98 valence electrons. The summed E-state index contributed by atoms with van der Waals surface area (Å²) in [6.07, 6.45) is 4.44. The van der Waals surface area contributed by atoms with Gasteiger partial charge in [-0.1, -0.05) is 18.2 Å². The number of carbonyl (C=O) groups excluding carboxylic acids is 1. The van der Waals surface area contributed by atoms with Gasteiger partial charge >= 0.3 is 5.97 Å². The van der Waals surface area contributed by atoms with Gasteiger partial charge in [-0.25, -0.2) is 4.79 Å². The van der Waals surface area contributed by atoms with Crippen molar-refractivity contribution in [2.24, 2.45) is 0 Å². The van der Waals surface area contributed by atoms with E-state index in [2.05, 4.69) is 10.3 Å². The lowest BCUT2D eigenvalue weighted by atomic mass is 10.1. The molecule has 0 unspecified atom stereocenters. The molecule has 0 aliphatic heterocycles. The Bertz CT molecular complexity index is 628. The summed E-state index contributed by atoms with van der Waals surface area (Å²) in [4.78, 5) is 24.7. The largest absolute Gasteiger partial charge is 0.478 e. The summed E-state index contributed by atoms with van der Waals surface area (Å²) < 4.78 is 0. The van der Waals surface area contributed by atoms with Crippen LogP contribution in [0, 0.1) is 0 Å². The second-order valence-corrected chi connectivity index (χ2v) is 4.07. The summed E-state index contributed by atoms with van der Waals surface area (Å²) in [5.74, 6) is -1.53. The van der Waals surface area contributed by atoms with Crippen molar-refractivity contribution < 1.29 is 14.7 Å². The number of aromatic amines is 1. The normalized spacial score (nSPS) is 10.9. The van der Waals surface area contributed by atoms with Gasteiger partial charge in [-0.15, -0.1) is 0 Å². The fraction of sp³-hybridized carbons (Fsp3) is 0.143. The predicted molar refractivity (Wildman–Crippen MR) is 71.8 cm³/mol. The number of amides is 1. The molecular formula is C14H14N2O3. The monoisotopic (exact) mass is 258 g/mol. The number of fused-ring (bicyclic) bond motifs is 1. The number of para-hydroxylation sites is 1. The van der Waals surface area contributed by atoms with E-state index in [0.717, 1.165) is 28.6 Å². The standard InChI is InChI=1S/C14H14N2O3/c17-13(5-6-14(18)19)15-8-7-10-9-16-12-4-2-1-3-11(10)12/h1-6,9,16H,7-8H2,(H,15,17)(H,18,19). The van der Waals surface area contributed by atoms with Crippen LogP contribution in [-0.2, 0) is 16.0 Å². The first-order chi connectivity index (χ1) is 9.16. The maximum atomic E-state index is 11.3. The van der Waals surface area contributed by atoms with Crippen molar-refractivity contribution in [2.45, 2.75) is 6.42 Å². The number of carbonyl (C=O) groups is 2. The van der Waals surface area contributed by atoms with Crippen LogP contribution in [0.1, 0.15) is 5.56 Å². The second-order valence-electron chi connectivity index (χ2n) is 4.07. The quantitative estimate of drug-likeness (QED) is 0.710. The van der Waals surface area contributed by atoms with Crippen LogP contribution in [0.2, 0.25) is 0 Å². The van der Waals surface area contributed by atoms with Crippen molar-refractivity contribution in [1.82, 2.24) is 10.3 Å². The van der Waals surface area contributed by atoms with E-state index in [0.29, 0.717) is 13.0 Å². The van der Waals surface area contributed by atoms with Gasteiger partial charge in [0.15, 0.2) is 0 Å². The topological polar surface area (TPSA) is 82.2 Å². The summed E-state index contributed by atoms with van der Waals surface area (Å²) in [5, 5.41) is 12.2. The molecule has 0 radical (unpaired) electrons. The van der Waals surface area contributed by atoms with Crippen LogP contribution in [0.4, 0.5) is 0 Å². The number of aromatic nitrogens is 1. The molecular weight excluding hydrogens is 244 g/mol. The predicted octanol–water partition coefficient (Wildman–Crippen LogP) is 1.47. The number of carboxylic acid groups (broad SMARTS) is 1. The average molecular weight is 258 g/mol. The number of nitrogens with one attached hydrogen (secondary N) is 2. The van der Waals surface area contributed by atoms with E-state index in [-0.39, 0.29) is 0 Å². The molecule has 0 saturated heterocycles. The van der Waals surface area contributed by atoms with Gasteiger partial charge in [0.25, 0.3) is 0 Å². The third-order valence-corrected chi connectivity index (χ3v) is 2.75. The number of rotatable bonds is 5. The molecule has 0 fully saturated rings. The SMILES string of the molecule is O=C(O)C=CC(=O)NCCc1c[nH]c2ccccc12. The minimum absolute atomic E-state index is 0.401. The fourth-order valence-corrected chi connectivity index (χ4v) is 1.86. The zero-order valence-corrected chi connectivity index (χ0v) is 10.2. The Morgan fingerprint density at radius 2 is 2.05 bits per heavy atom. The molecule has 1 aromatic heterocycles. The number of carboxylic acids is 1. The fourth-order valence-electron chi connectivity index (χ4n) is 1.86. The minimum atomic E-state index is -1.13. The van der Waals surface area contributed by atoms with E-state index < -0.39 is 11.9 Å². The first-order valence-electron chi connectivity index (χ1n) is 5.90. The molecule has 19 heavy (non-hydrogen) atoms. The first-order valence-corrected chi connectivity index (χ1v) is 5.90. The lowest BCUT2D eigenvalue weighted by Gasteiger charge is -2.01. The van der Waals surface area contributed by atoms with E-state index in [1.807, 2.05) is 30.5 Å². The molecule has 1 aromatic carbocycles. The Morgan fingerprint density at radius 3 is 2.84 bits per heavy atom. The van der Waals surface area contributed by atoms with E-state index in [9.17, 15) is 9.59 Å². The molecule has 3 N–H and O–H groups in total. The molecule has 0 spiro atoms. The Morgan fingerprint density at radius 1 is 1.26 bits per heavy atom. The summed E-state index contributed by atoms with van der Waals surface area (Å²) in [7, 11) is 0. The lowest BCUT2D eigenvalue weighted by molar-refractivity contribution is -0.131.